The van der Waals surface area contributed by atoms with Gasteiger partial charge in [-0.1, -0.05) is 25.5 Å². The van der Waals surface area contributed by atoms with Crippen LogP contribution in [0.1, 0.15) is 19.8 Å². The molecule has 1 aromatic carbocycles. The molecule has 1 rings (SSSR count). The Balaban J connectivity index is 2.82. The third kappa shape index (κ3) is 3.20. The predicted molar refractivity (Wildman–Crippen MR) is 64.5 cm³/mol. The van der Waals surface area contributed by atoms with Gasteiger partial charge in [0.05, 0.1) is 4.92 Å². The largest absolute Gasteiger partial charge is 0.375 e. The maximum Gasteiger partial charge on any atom is 0.292 e. The molecular formula is C11H17N3O2. The molecule has 1 aromatic rings. The van der Waals surface area contributed by atoms with Gasteiger partial charge in [0.2, 0.25) is 0 Å². The highest BCUT2D eigenvalue weighted by Crippen LogP contribution is 2.24. The van der Waals surface area contributed by atoms with Gasteiger partial charge in [-0.3, -0.25) is 10.1 Å². The molecule has 0 aliphatic rings. The van der Waals surface area contributed by atoms with E-state index in [0.29, 0.717) is 12.2 Å². The summed E-state index contributed by atoms with van der Waals surface area (Å²) in [6.07, 6.45) is 1.90. The second-order valence-corrected chi connectivity index (χ2v) is 3.64. The molecule has 0 saturated heterocycles. The minimum atomic E-state index is -0.387. The van der Waals surface area contributed by atoms with Gasteiger partial charge in [0, 0.05) is 18.7 Å². The minimum absolute atomic E-state index is 0.0890. The predicted octanol–water partition coefficient (Wildman–Crippen LogP) is 2.13. The van der Waals surface area contributed by atoms with Crippen molar-refractivity contribution in [1.82, 2.24) is 0 Å². The van der Waals surface area contributed by atoms with E-state index >= 15 is 0 Å². The number of nitro benzene ring substituents is 1. The number of rotatable bonds is 6. The van der Waals surface area contributed by atoms with E-state index in [0.717, 1.165) is 12.8 Å². The van der Waals surface area contributed by atoms with Crippen LogP contribution in [0.4, 0.5) is 11.4 Å². The molecule has 5 heteroatoms. The van der Waals surface area contributed by atoms with Crippen LogP contribution in [0.5, 0.6) is 0 Å². The number of nitrogens with zero attached hydrogens (tertiary/aromatic N) is 1. The number of nitrogens with one attached hydrogen (secondary N) is 1. The van der Waals surface area contributed by atoms with E-state index in [-0.39, 0.29) is 16.7 Å². The van der Waals surface area contributed by atoms with Gasteiger partial charge in [0.25, 0.3) is 5.69 Å². The average Bonchev–Trinajstić information content (AvgIpc) is 2.29. The first-order valence-corrected chi connectivity index (χ1v) is 5.39. The van der Waals surface area contributed by atoms with Gasteiger partial charge in [-0.2, -0.15) is 0 Å². The van der Waals surface area contributed by atoms with E-state index in [9.17, 15) is 10.1 Å². The van der Waals surface area contributed by atoms with Gasteiger partial charge >= 0.3 is 0 Å². The lowest BCUT2D eigenvalue weighted by molar-refractivity contribution is -0.384. The van der Waals surface area contributed by atoms with Crippen LogP contribution in [0.3, 0.4) is 0 Å². The molecule has 0 amide bonds. The number of para-hydroxylation sites is 2. The van der Waals surface area contributed by atoms with E-state index in [1.807, 2.05) is 0 Å². The summed E-state index contributed by atoms with van der Waals surface area (Å²) < 4.78 is 0. The van der Waals surface area contributed by atoms with Gasteiger partial charge in [-0.05, 0) is 12.5 Å². The van der Waals surface area contributed by atoms with Gasteiger partial charge < -0.3 is 11.1 Å². The molecule has 16 heavy (non-hydrogen) atoms. The fourth-order valence-electron chi connectivity index (χ4n) is 1.57. The molecule has 0 aliphatic heterocycles. The molecule has 0 radical (unpaired) electrons. The first-order chi connectivity index (χ1) is 7.69. The Labute approximate surface area is 94.8 Å². The highest BCUT2D eigenvalue weighted by Gasteiger charge is 2.14. The monoisotopic (exact) mass is 223 g/mol. The quantitative estimate of drug-likeness (QED) is 0.571. The number of benzene rings is 1. The van der Waals surface area contributed by atoms with Crippen molar-refractivity contribution in [2.45, 2.75) is 25.8 Å². The highest BCUT2D eigenvalue weighted by molar-refractivity contribution is 5.61. The Kier molecular flexibility index (Phi) is 4.72. The second kappa shape index (κ2) is 6.07. The first kappa shape index (κ1) is 12.4. The fourth-order valence-corrected chi connectivity index (χ4v) is 1.57. The average molecular weight is 223 g/mol. The normalized spacial score (nSPS) is 12.1. The summed E-state index contributed by atoms with van der Waals surface area (Å²) in [5, 5.41) is 13.9. The van der Waals surface area contributed by atoms with Crippen LogP contribution in [0.2, 0.25) is 0 Å². The molecule has 1 unspecified atom stereocenters. The number of nitro groups is 1. The van der Waals surface area contributed by atoms with E-state index < -0.39 is 0 Å². The Morgan fingerprint density at radius 3 is 2.75 bits per heavy atom. The zero-order valence-electron chi connectivity index (χ0n) is 9.35. The molecule has 1 atom stereocenters. The Morgan fingerprint density at radius 1 is 1.50 bits per heavy atom. The lowest BCUT2D eigenvalue weighted by Gasteiger charge is -2.16. The summed E-state index contributed by atoms with van der Waals surface area (Å²) in [7, 11) is 0. The summed E-state index contributed by atoms with van der Waals surface area (Å²) >= 11 is 0. The number of nitrogens with two attached hydrogens (primary N) is 1. The van der Waals surface area contributed by atoms with Gasteiger partial charge in [0.1, 0.15) is 5.69 Å². The molecule has 0 aromatic heterocycles. The summed E-state index contributed by atoms with van der Waals surface area (Å²) in [4.78, 5) is 10.4. The zero-order valence-corrected chi connectivity index (χ0v) is 9.35. The second-order valence-electron chi connectivity index (χ2n) is 3.64. The third-order valence-electron chi connectivity index (χ3n) is 2.38. The van der Waals surface area contributed by atoms with Gasteiger partial charge in [-0.25, -0.2) is 0 Å². The zero-order chi connectivity index (χ0) is 12.0. The Morgan fingerprint density at radius 2 is 2.19 bits per heavy atom. The Bertz CT molecular complexity index is 355. The number of anilines is 1. The molecule has 0 bridgehead atoms. The molecule has 0 aliphatic carbocycles. The molecule has 0 fully saturated rings. The fraction of sp³-hybridized carbons (Fsp3) is 0.455. The number of hydrogen-bond donors (Lipinski definition) is 2. The van der Waals surface area contributed by atoms with Crippen molar-refractivity contribution in [2.75, 3.05) is 11.9 Å². The van der Waals surface area contributed by atoms with Crippen molar-refractivity contribution in [3.05, 3.63) is 34.4 Å². The van der Waals surface area contributed by atoms with Crippen LogP contribution in [0, 0.1) is 10.1 Å². The first-order valence-electron chi connectivity index (χ1n) is 5.39. The standard InChI is InChI=1S/C11H17N3O2/c1-2-5-9(8-12)13-10-6-3-4-7-11(10)14(15)16/h3-4,6-7,9,13H,2,5,8,12H2,1H3. The van der Waals surface area contributed by atoms with Gasteiger partial charge in [-0.15, -0.1) is 0 Å². The van der Waals surface area contributed by atoms with Crippen LogP contribution < -0.4 is 11.1 Å². The van der Waals surface area contributed by atoms with E-state index in [2.05, 4.69) is 12.2 Å². The van der Waals surface area contributed by atoms with Crippen LogP contribution in [-0.4, -0.2) is 17.5 Å². The molecule has 88 valence electrons. The summed E-state index contributed by atoms with van der Waals surface area (Å²) in [6, 6.07) is 6.71. The third-order valence-corrected chi connectivity index (χ3v) is 2.38. The van der Waals surface area contributed by atoms with Crippen molar-refractivity contribution in [3.63, 3.8) is 0 Å². The molecule has 0 spiro atoms. The Hall–Kier alpha value is -1.62. The summed E-state index contributed by atoms with van der Waals surface area (Å²) in [6.45, 7) is 2.53. The van der Waals surface area contributed by atoms with Crippen molar-refractivity contribution in [2.24, 2.45) is 5.73 Å². The molecule has 0 heterocycles. The minimum Gasteiger partial charge on any atom is -0.375 e. The van der Waals surface area contributed by atoms with Crippen molar-refractivity contribution in [1.29, 1.82) is 0 Å². The smallest absolute Gasteiger partial charge is 0.292 e. The molecule has 0 saturated carbocycles. The molecular weight excluding hydrogens is 206 g/mol. The van der Waals surface area contributed by atoms with E-state index in [1.165, 1.54) is 6.07 Å². The topological polar surface area (TPSA) is 81.2 Å². The lowest BCUT2D eigenvalue weighted by Crippen LogP contribution is -2.28. The maximum absolute atomic E-state index is 10.8. The van der Waals surface area contributed by atoms with Crippen LogP contribution >= 0.6 is 0 Å². The SMILES string of the molecule is CCCC(CN)Nc1ccccc1[N+](=O)[O-]. The molecule has 5 nitrogen and oxygen atoms in total. The van der Waals surface area contributed by atoms with Crippen molar-refractivity contribution in [3.8, 4) is 0 Å². The van der Waals surface area contributed by atoms with Gasteiger partial charge in [0.15, 0.2) is 0 Å². The highest BCUT2D eigenvalue weighted by atomic mass is 16.6. The lowest BCUT2D eigenvalue weighted by atomic mass is 10.1. The summed E-state index contributed by atoms with van der Waals surface area (Å²) in [5.74, 6) is 0. The van der Waals surface area contributed by atoms with Crippen molar-refractivity contribution >= 4 is 11.4 Å². The van der Waals surface area contributed by atoms with Crippen molar-refractivity contribution < 1.29 is 4.92 Å². The van der Waals surface area contributed by atoms with Crippen LogP contribution in [-0.2, 0) is 0 Å². The summed E-state index contributed by atoms with van der Waals surface area (Å²) in [5.41, 5.74) is 6.23. The maximum atomic E-state index is 10.8. The number of hydrogen-bond acceptors (Lipinski definition) is 4. The van der Waals surface area contributed by atoms with Crippen LogP contribution in [0.25, 0.3) is 0 Å². The molecule has 3 N–H and O–H groups in total. The van der Waals surface area contributed by atoms with Crippen LogP contribution in [0.15, 0.2) is 24.3 Å². The van der Waals surface area contributed by atoms with E-state index in [1.54, 1.807) is 18.2 Å². The van der Waals surface area contributed by atoms with E-state index in [4.69, 9.17) is 5.73 Å².